The molecule has 2 aromatic rings. The average Bonchev–Trinajstić information content (AvgIpc) is 2.79. The van der Waals surface area contributed by atoms with E-state index >= 15 is 0 Å². The molecule has 0 N–H and O–H groups in total. The standard InChI is InChI=1S/C23H26FN3O4S/c24-19-4-6-20(7-5-19)32(30,31)26-10-8-17(9-11-26)23(29)25-13-16-12-18(15-25)21-2-1-3-22(28)27(21)14-16/h1-7,16-18H,8-15H2/t16-,18+/m0/s1. The minimum absolute atomic E-state index is 0.0201. The molecule has 5 rings (SSSR count). The van der Waals surface area contributed by atoms with Gasteiger partial charge in [-0.2, -0.15) is 4.31 Å². The number of hydrogen-bond acceptors (Lipinski definition) is 4. The molecule has 1 amide bonds. The molecule has 2 atom stereocenters. The van der Waals surface area contributed by atoms with Crippen LogP contribution in [0.5, 0.6) is 0 Å². The number of aromatic nitrogens is 1. The lowest BCUT2D eigenvalue weighted by Gasteiger charge is -2.44. The van der Waals surface area contributed by atoms with Gasteiger partial charge in [-0.1, -0.05) is 6.07 Å². The van der Waals surface area contributed by atoms with Gasteiger partial charge >= 0.3 is 0 Å². The lowest BCUT2D eigenvalue weighted by molar-refractivity contribution is -0.139. The molecule has 2 fully saturated rings. The summed E-state index contributed by atoms with van der Waals surface area (Å²) >= 11 is 0. The number of likely N-dealkylation sites (tertiary alicyclic amines) is 1. The van der Waals surface area contributed by atoms with Crippen LogP contribution in [0, 0.1) is 17.7 Å². The van der Waals surface area contributed by atoms with E-state index in [1.807, 2.05) is 15.5 Å². The zero-order valence-corrected chi connectivity index (χ0v) is 18.5. The number of pyridine rings is 1. The van der Waals surface area contributed by atoms with E-state index in [1.54, 1.807) is 12.1 Å². The Morgan fingerprint density at radius 1 is 0.969 bits per heavy atom. The molecule has 0 radical (unpaired) electrons. The molecular weight excluding hydrogens is 433 g/mol. The maximum atomic E-state index is 13.3. The van der Waals surface area contributed by atoms with Crippen molar-refractivity contribution in [3.05, 3.63) is 64.3 Å². The van der Waals surface area contributed by atoms with Crippen molar-refractivity contribution in [3.63, 3.8) is 0 Å². The fraction of sp³-hybridized carbons (Fsp3) is 0.478. The van der Waals surface area contributed by atoms with Crippen LogP contribution in [-0.4, -0.2) is 54.3 Å². The Kier molecular flexibility index (Phi) is 5.41. The molecule has 0 unspecified atom stereocenters. The number of fused-ring (bicyclic) bond motifs is 4. The second-order valence-electron chi connectivity index (χ2n) is 9.07. The number of halogens is 1. The molecule has 2 saturated heterocycles. The van der Waals surface area contributed by atoms with Gasteiger partial charge in [-0.15, -0.1) is 0 Å². The topological polar surface area (TPSA) is 79.7 Å². The fourth-order valence-electron chi connectivity index (χ4n) is 5.43. The number of amides is 1. The Morgan fingerprint density at radius 2 is 1.69 bits per heavy atom. The predicted molar refractivity (Wildman–Crippen MR) is 116 cm³/mol. The van der Waals surface area contributed by atoms with Crippen molar-refractivity contribution in [2.45, 2.75) is 36.6 Å². The van der Waals surface area contributed by atoms with Gasteiger partial charge in [0, 0.05) is 56.3 Å². The van der Waals surface area contributed by atoms with E-state index in [9.17, 15) is 22.4 Å². The van der Waals surface area contributed by atoms with Crippen molar-refractivity contribution in [3.8, 4) is 0 Å². The average molecular weight is 460 g/mol. The Bertz CT molecular complexity index is 1190. The summed E-state index contributed by atoms with van der Waals surface area (Å²) in [6.07, 6.45) is 1.93. The number of hydrogen-bond donors (Lipinski definition) is 0. The summed E-state index contributed by atoms with van der Waals surface area (Å²) in [7, 11) is -3.69. The SMILES string of the molecule is O=C(C1CCN(S(=O)(=O)c2ccc(F)cc2)CC1)N1C[C@@H]2C[C@H](C1)c1cccc(=O)n1C2. The summed E-state index contributed by atoms with van der Waals surface area (Å²) in [5.41, 5.74) is 1.03. The van der Waals surface area contributed by atoms with Crippen LogP contribution in [0.2, 0.25) is 0 Å². The first kappa shape index (κ1) is 21.3. The van der Waals surface area contributed by atoms with Crippen LogP contribution in [0.15, 0.2) is 52.2 Å². The van der Waals surface area contributed by atoms with Crippen LogP contribution in [0.4, 0.5) is 4.39 Å². The summed E-state index contributed by atoms with van der Waals surface area (Å²) in [6.45, 7) is 2.44. The number of rotatable bonds is 3. The third-order valence-electron chi connectivity index (χ3n) is 7.05. The van der Waals surface area contributed by atoms with Crippen molar-refractivity contribution < 1.29 is 17.6 Å². The third kappa shape index (κ3) is 3.77. The Balaban J connectivity index is 1.25. The molecule has 0 spiro atoms. The highest BCUT2D eigenvalue weighted by molar-refractivity contribution is 7.89. The number of sulfonamides is 1. The van der Waals surface area contributed by atoms with Crippen LogP contribution in [-0.2, 0) is 21.4 Å². The fourth-order valence-corrected chi connectivity index (χ4v) is 6.90. The summed E-state index contributed by atoms with van der Waals surface area (Å²) in [6, 6.07) is 10.2. The summed E-state index contributed by atoms with van der Waals surface area (Å²) in [5, 5.41) is 0. The first-order valence-electron chi connectivity index (χ1n) is 11.1. The van der Waals surface area contributed by atoms with Gasteiger partial charge in [0.25, 0.3) is 5.56 Å². The summed E-state index contributed by atoms with van der Waals surface area (Å²) < 4.78 is 42.1. The van der Waals surface area contributed by atoms with Gasteiger partial charge in [-0.05, 0) is 55.5 Å². The van der Waals surface area contributed by atoms with E-state index in [0.29, 0.717) is 32.5 Å². The normalized spacial score (nSPS) is 24.2. The second-order valence-corrected chi connectivity index (χ2v) is 11.0. The van der Waals surface area contributed by atoms with Crippen LogP contribution < -0.4 is 5.56 Å². The molecule has 1 aromatic heterocycles. The van der Waals surface area contributed by atoms with Crippen LogP contribution in [0.3, 0.4) is 0 Å². The highest BCUT2D eigenvalue weighted by Gasteiger charge is 2.39. The van der Waals surface area contributed by atoms with Gasteiger partial charge < -0.3 is 9.47 Å². The van der Waals surface area contributed by atoms with Gasteiger partial charge in [-0.25, -0.2) is 12.8 Å². The smallest absolute Gasteiger partial charge is 0.250 e. The van der Waals surface area contributed by atoms with E-state index < -0.39 is 15.8 Å². The van der Waals surface area contributed by atoms with Crippen LogP contribution in [0.1, 0.15) is 30.9 Å². The van der Waals surface area contributed by atoms with E-state index in [2.05, 4.69) is 0 Å². The molecular formula is C23H26FN3O4S. The van der Waals surface area contributed by atoms with Crippen molar-refractivity contribution in [1.29, 1.82) is 0 Å². The Morgan fingerprint density at radius 3 is 2.41 bits per heavy atom. The number of carbonyl (C=O) groups excluding carboxylic acids is 1. The first-order chi connectivity index (χ1) is 15.3. The Labute approximate surface area is 186 Å². The molecule has 32 heavy (non-hydrogen) atoms. The lowest BCUT2D eigenvalue weighted by Crippen LogP contribution is -2.52. The minimum atomic E-state index is -3.69. The van der Waals surface area contributed by atoms with Crippen LogP contribution >= 0.6 is 0 Å². The van der Waals surface area contributed by atoms with Gasteiger partial charge in [-0.3, -0.25) is 9.59 Å². The zero-order chi connectivity index (χ0) is 22.5. The number of piperidine rings is 2. The quantitative estimate of drug-likeness (QED) is 0.704. The van der Waals surface area contributed by atoms with Gasteiger partial charge in [0.15, 0.2) is 0 Å². The van der Waals surface area contributed by atoms with E-state index in [4.69, 9.17) is 0 Å². The molecule has 3 aliphatic heterocycles. The monoisotopic (exact) mass is 459 g/mol. The van der Waals surface area contributed by atoms with Crippen molar-refractivity contribution in [2.24, 2.45) is 11.8 Å². The number of nitrogens with zero attached hydrogens (tertiary/aromatic N) is 3. The zero-order valence-electron chi connectivity index (χ0n) is 17.7. The molecule has 0 aliphatic carbocycles. The van der Waals surface area contributed by atoms with E-state index in [0.717, 1.165) is 24.2 Å². The number of carbonyl (C=O) groups is 1. The molecule has 1 aromatic carbocycles. The first-order valence-corrected chi connectivity index (χ1v) is 12.5. The minimum Gasteiger partial charge on any atom is -0.341 e. The van der Waals surface area contributed by atoms with Crippen LogP contribution in [0.25, 0.3) is 0 Å². The summed E-state index contributed by atoms with van der Waals surface area (Å²) in [5.74, 6) is -0.160. The van der Waals surface area contributed by atoms with Gasteiger partial charge in [0.1, 0.15) is 5.82 Å². The highest BCUT2D eigenvalue weighted by atomic mass is 32.2. The molecule has 9 heteroatoms. The largest absolute Gasteiger partial charge is 0.341 e. The summed E-state index contributed by atoms with van der Waals surface area (Å²) in [4.78, 5) is 27.5. The maximum Gasteiger partial charge on any atom is 0.250 e. The third-order valence-corrected chi connectivity index (χ3v) is 8.96. The van der Waals surface area contributed by atoms with Crippen molar-refractivity contribution in [2.75, 3.05) is 26.2 Å². The molecule has 170 valence electrons. The molecule has 7 nitrogen and oxygen atoms in total. The van der Waals surface area contributed by atoms with Crippen molar-refractivity contribution >= 4 is 15.9 Å². The second kappa shape index (κ2) is 8.12. The maximum absolute atomic E-state index is 13.3. The molecule has 0 saturated carbocycles. The molecule has 3 aliphatic rings. The lowest BCUT2D eigenvalue weighted by atomic mass is 9.82. The highest BCUT2D eigenvalue weighted by Crippen LogP contribution is 2.36. The van der Waals surface area contributed by atoms with Gasteiger partial charge in [0.05, 0.1) is 4.90 Å². The van der Waals surface area contributed by atoms with Gasteiger partial charge in [0.2, 0.25) is 15.9 Å². The number of benzene rings is 1. The molecule has 2 bridgehead atoms. The van der Waals surface area contributed by atoms with Crippen molar-refractivity contribution in [1.82, 2.24) is 13.8 Å². The molecule has 4 heterocycles. The van der Waals surface area contributed by atoms with E-state index in [-0.39, 0.29) is 47.2 Å². The Hall–Kier alpha value is -2.52. The van der Waals surface area contributed by atoms with E-state index in [1.165, 1.54) is 16.4 Å². The predicted octanol–water partition coefficient (Wildman–Crippen LogP) is 2.03.